The molecule has 0 unspecified atom stereocenters. The van der Waals surface area contributed by atoms with E-state index >= 15 is 0 Å². The van der Waals surface area contributed by atoms with E-state index in [1.807, 2.05) is 37.3 Å². The molecule has 2 heterocycles. The lowest BCUT2D eigenvalue weighted by Gasteiger charge is -2.21. The van der Waals surface area contributed by atoms with Gasteiger partial charge in [-0.1, -0.05) is 48.0 Å². The van der Waals surface area contributed by atoms with E-state index in [2.05, 4.69) is 22.2 Å². The summed E-state index contributed by atoms with van der Waals surface area (Å²) in [6.07, 6.45) is -1.06. The quantitative estimate of drug-likeness (QED) is 0.236. The predicted octanol–water partition coefficient (Wildman–Crippen LogP) is 7.33. The SMILES string of the molecule is CCOC(=O)c1cnn(-c2cccc(-c3cc(C)ccc3-c3ccc(C4CCC(=O)CC4)cc3)n2)c1C(F)(F)F. The van der Waals surface area contributed by atoms with Crippen molar-refractivity contribution >= 4 is 11.8 Å². The molecule has 206 valence electrons. The molecule has 1 aliphatic rings. The van der Waals surface area contributed by atoms with Gasteiger partial charge in [0.05, 0.1) is 18.5 Å². The summed E-state index contributed by atoms with van der Waals surface area (Å²) in [6.45, 7) is 3.39. The highest BCUT2D eigenvalue weighted by atomic mass is 19.4. The minimum absolute atomic E-state index is 0.0630. The minimum Gasteiger partial charge on any atom is -0.462 e. The van der Waals surface area contributed by atoms with Crippen LogP contribution in [0.4, 0.5) is 13.2 Å². The number of carbonyl (C=O) groups is 2. The molecule has 1 saturated carbocycles. The molecule has 0 atom stereocenters. The van der Waals surface area contributed by atoms with Crippen molar-refractivity contribution in [2.45, 2.75) is 51.6 Å². The molecular weight excluding hydrogens is 519 g/mol. The molecule has 40 heavy (non-hydrogen) atoms. The number of aromatic nitrogens is 3. The molecule has 0 N–H and O–H groups in total. The number of pyridine rings is 1. The Balaban J connectivity index is 1.53. The number of carbonyl (C=O) groups excluding carboxylic acids is 2. The third-order valence-corrected chi connectivity index (χ3v) is 7.17. The number of hydrogen-bond donors (Lipinski definition) is 0. The Hall–Kier alpha value is -4.27. The number of alkyl halides is 3. The van der Waals surface area contributed by atoms with E-state index in [-0.39, 0.29) is 12.4 Å². The summed E-state index contributed by atoms with van der Waals surface area (Å²) in [5.41, 5.74) is 3.30. The van der Waals surface area contributed by atoms with Gasteiger partial charge in [0.15, 0.2) is 11.5 Å². The Morgan fingerprint density at radius 3 is 2.42 bits per heavy atom. The van der Waals surface area contributed by atoms with Gasteiger partial charge in [0.2, 0.25) is 0 Å². The standard InChI is InChI=1S/C31H28F3N3O3/c1-3-40-30(39)26-18-35-37(29(26)31(32,33)34)28-6-4-5-27(36-28)25-17-19(2)7-16-24(25)22-10-8-20(9-11-22)21-12-14-23(38)15-13-21/h4-11,16-18,21H,3,12-15H2,1-2H3. The smallest absolute Gasteiger partial charge is 0.434 e. The zero-order valence-corrected chi connectivity index (χ0v) is 22.2. The molecule has 9 heteroatoms. The first-order valence-corrected chi connectivity index (χ1v) is 13.2. The second kappa shape index (κ2) is 11.1. The Kier molecular flexibility index (Phi) is 7.56. The van der Waals surface area contributed by atoms with E-state index in [0.29, 0.717) is 34.9 Å². The summed E-state index contributed by atoms with van der Waals surface area (Å²) in [5.74, 6) is -0.489. The maximum atomic E-state index is 14.1. The van der Waals surface area contributed by atoms with Gasteiger partial charge < -0.3 is 4.74 Å². The number of nitrogens with zero attached hydrogens (tertiary/aromatic N) is 3. The third-order valence-electron chi connectivity index (χ3n) is 7.17. The summed E-state index contributed by atoms with van der Waals surface area (Å²) in [6, 6.07) is 18.9. The summed E-state index contributed by atoms with van der Waals surface area (Å²) >= 11 is 0. The van der Waals surface area contributed by atoms with Crippen LogP contribution in [0.5, 0.6) is 0 Å². The lowest BCUT2D eigenvalue weighted by Crippen LogP contribution is -2.19. The Morgan fingerprint density at radius 1 is 1.02 bits per heavy atom. The molecule has 6 nitrogen and oxygen atoms in total. The summed E-state index contributed by atoms with van der Waals surface area (Å²) in [4.78, 5) is 28.4. The Labute approximate surface area is 229 Å². The van der Waals surface area contributed by atoms with Crippen LogP contribution in [-0.2, 0) is 15.7 Å². The van der Waals surface area contributed by atoms with E-state index in [1.54, 1.807) is 12.1 Å². The van der Waals surface area contributed by atoms with Gasteiger partial charge in [0.1, 0.15) is 11.3 Å². The summed E-state index contributed by atoms with van der Waals surface area (Å²) in [7, 11) is 0. The van der Waals surface area contributed by atoms with Crippen molar-refractivity contribution in [3.8, 4) is 28.2 Å². The number of hydrogen-bond acceptors (Lipinski definition) is 5. The number of Topliss-reactive ketones (excluding diaryl/α,β-unsaturated/α-hetero) is 1. The first kappa shape index (κ1) is 27.3. The van der Waals surface area contributed by atoms with Gasteiger partial charge in [-0.05, 0) is 67.5 Å². The molecule has 1 fully saturated rings. The number of ketones is 1. The molecule has 5 rings (SSSR count). The number of aryl methyl sites for hydroxylation is 1. The van der Waals surface area contributed by atoms with E-state index in [4.69, 9.17) is 4.74 Å². The van der Waals surface area contributed by atoms with Crippen LogP contribution in [0.25, 0.3) is 28.2 Å². The van der Waals surface area contributed by atoms with Crippen molar-refractivity contribution in [1.82, 2.24) is 14.8 Å². The molecule has 4 aromatic rings. The van der Waals surface area contributed by atoms with Gasteiger partial charge in [-0.2, -0.15) is 18.3 Å². The van der Waals surface area contributed by atoms with Crippen LogP contribution in [0.1, 0.15) is 65.7 Å². The maximum absolute atomic E-state index is 14.1. The highest BCUT2D eigenvalue weighted by Crippen LogP contribution is 2.37. The molecule has 0 saturated heterocycles. The normalized spacial score (nSPS) is 14.4. The highest BCUT2D eigenvalue weighted by molar-refractivity contribution is 5.91. The van der Waals surface area contributed by atoms with Gasteiger partial charge in [-0.25, -0.2) is 14.5 Å². The second-order valence-electron chi connectivity index (χ2n) is 9.90. The lowest BCUT2D eigenvalue weighted by molar-refractivity contribution is -0.143. The number of benzene rings is 2. The Morgan fingerprint density at radius 2 is 1.75 bits per heavy atom. The summed E-state index contributed by atoms with van der Waals surface area (Å²) in [5, 5.41) is 3.86. The maximum Gasteiger partial charge on any atom is 0.434 e. The molecule has 0 aliphatic heterocycles. The third kappa shape index (κ3) is 5.54. The van der Waals surface area contributed by atoms with E-state index in [0.717, 1.165) is 41.3 Å². The fourth-order valence-corrected chi connectivity index (χ4v) is 5.17. The molecule has 0 bridgehead atoms. The average molecular weight is 548 g/mol. The number of rotatable bonds is 6. The molecule has 1 aliphatic carbocycles. The summed E-state index contributed by atoms with van der Waals surface area (Å²) < 4.78 is 47.6. The number of esters is 1. The molecule has 0 radical (unpaired) electrons. The average Bonchev–Trinajstić information content (AvgIpc) is 3.40. The van der Waals surface area contributed by atoms with Crippen molar-refractivity contribution < 1.29 is 27.5 Å². The largest absolute Gasteiger partial charge is 0.462 e. The molecule has 0 amide bonds. The minimum atomic E-state index is -4.86. The van der Waals surface area contributed by atoms with Crippen LogP contribution in [-0.4, -0.2) is 33.1 Å². The molecule has 2 aromatic heterocycles. The van der Waals surface area contributed by atoms with Crippen molar-refractivity contribution in [3.05, 3.63) is 89.2 Å². The van der Waals surface area contributed by atoms with Crippen LogP contribution in [0.2, 0.25) is 0 Å². The van der Waals surface area contributed by atoms with Crippen LogP contribution >= 0.6 is 0 Å². The van der Waals surface area contributed by atoms with E-state index in [9.17, 15) is 22.8 Å². The van der Waals surface area contributed by atoms with Gasteiger partial charge >= 0.3 is 12.1 Å². The van der Waals surface area contributed by atoms with Crippen LogP contribution < -0.4 is 0 Å². The van der Waals surface area contributed by atoms with Crippen molar-refractivity contribution in [1.29, 1.82) is 0 Å². The van der Waals surface area contributed by atoms with Gasteiger partial charge in [-0.3, -0.25) is 4.79 Å². The van der Waals surface area contributed by atoms with Crippen LogP contribution in [0, 0.1) is 6.92 Å². The topological polar surface area (TPSA) is 74.1 Å². The zero-order chi connectivity index (χ0) is 28.4. The molecule has 2 aromatic carbocycles. The predicted molar refractivity (Wildman–Crippen MR) is 144 cm³/mol. The van der Waals surface area contributed by atoms with E-state index in [1.165, 1.54) is 18.6 Å². The van der Waals surface area contributed by atoms with E-state index < -0.39 is 23.4 Å². The van der Waals surface area contributed by atoms with Gasteiger partial charge in [0, 0.05) is 18.4 Å². The first-order valence-electron chi connectivity index (χ1n) is 13.2. The van der Waals surface area contributed by atoms with Crippen LogP contribution in [0.3, 0.4) is 0 Å². The second-order valence-corrected chi connectivity index (χ2v) is 9.90. The lowest BCUT2D eigenvalue weighted by atomic mass is 9.83. The van der Waals surface area contributed by atoms with Gasteiger partial charge in [-0.15, -0.1) is 0 Å². The Bertz CT molecular complexity index is 1550. The van der Waals surface area contributed by atoms with Crippen molar-refractivity contribution in [3.63, 3.8) is 0 Å². The highest BCUT2D eigenvalue weighted by Gasteiger charge is 2.41. The molecular formula is C31H28F3N3O3. The number of ether oxygens (including phenoxy) is 1. The van der Waals surface area contributed by atoms with Gasteiger partial charge in [0.25, 0.3) is 0 Å². The van der Waals surface area contributed by atoms with Crippen LogP contribution in [0.15, 0.2) is 66.9 Å². The monoisotopic (exact) mass is 547 g/mol. The zero-order valence-electron chi connectivity index (χ0n) is 22.2. The first-order chi connectivity index (χ1) is 19.2. The fourth-order valence-electron chi connectivity index (χ4n) is 5.17. The van der Waals surface area contributed by atoms with Crippen molar-refractivity contribution in [2.24, 2.45) is 0 Å². The fraction of sp³-hybridized carbons (Fsp3) is 0.290. The molecule has 0 spiro atoms. The number of halogens is 3. The van der Waals surface area contributed by atoms with Crippen molar-refractivity contribution in [2.75, 3.05) is 6.61 Å².